The van der Waals surface area contributed by atoms with Gasteiger partial charge in [-0.05, 0) is 24.3 Å². The molecule has 1 heterocycles. The highest BCUT2D eigenvalue weighted by atomic mass is 32.1. The Bertz CT molecular complexity index is 1400. The Morgan fingerprint density at radius 1 is 0.667 bits per heavy atom. The van der Waals surface area contributed by atoms with Crippen LogP contribution in [0.4, 0.5) is 0 Å². The van der Waals surface area contributed by atoms with E-state index in [0.29, 0.717) is 10.1 Å². The first kappa shape index (κ1) is 29.7. The van der Waals surface area contributed by atoms with Gasteiger partial charge in [-0.2, -0.15) is 0 Å². The van der Waals surface area contributed by atoms with Gasteiger partial charge in [0.15, 0.2) is 5.43 Å². The van der Waals surface area contributed by atoms with E-state index in [0.717, 1.165) is 11.3 Å². The molecule has 0 aliphatic heterocycles. The molecule has 0 N–H and O–H groups in total. The van der Waals surface area contributed by atoms with Crippen LogP contribution >= 0.6 is 11.3 Å². The maximum Gasteiger partial charge on any atom is 0.340 e. The van der Waals surface area contributed by atoms with Crippen molar-refractivity contribution in [3.63, 3.8) is 0 Å². The average molecular weight is 561 g/mol. The van der Waals surface area contributed by atoms with E-state index >= 15 is 0 Å². The SMILES string of the molecule is COCCOC(=O)CCOC(=O)c1ccc2c(=O)c3ccccc3sc2c1C(=O)OCCC(=O)OCCOC. The normalized spacial score (nSPS) is 10.8. The maximum atomic E-state index is 13.2. The molecule has 0 aliphatic carbocycles. The van der Waals surface area contributed by atoms with Crippen molar-refractivity contribution in [3.05, 3.63) is 57.7 Å². The molecule has 0 amide bonds. The van der Waals surface area contributed by atoms with E-state index in [1.165, 1.54) is 26.4 Å². The van der Waals surface area contributed by atoms with Crippen molar-refractivity contribution in [2.45, 2.75) is 12.8 Å². The number of carbonyl (C=O) groups is 4. The molecule has 0 radical (unpaired) electrons. The number of hydrogen-bond donors (Lipinski definition) is 0. The lowest BCUT2D eigenvalue weighted by Gasteiger charge is -2.13. The molecule has 3 rings (SSSR count). The van der Waals surface area contributed by atoms with Crippen LogP contribution in [0, 0.1) is 0 Å². The van der Waals surface area contributed by atoms with E-state index < -0.39 is 23.9 Å². The minimum Gasteiger partial charge on any atom is -0.463 e. The third-order valence-corrected chi connectivity index (χ3v) is 6.55. The average Bonchev–Trinajstić information content (AvgIpc) is 2.92. The minimum absolute atomic E-state index is 0.0591. The molecule has 0 saturated carbocycles. The van der Waals surface area contributed by atoms with Gasteiger partial charge in [-0.15, -0.1) is 11.3 Å². The molecule has 11 nitrogen and oxygen atoms in total. The number of ether oxygens (including phenoxy) is 6. The minimum atomic E-state index is -0.915. The van der Waals surface area contributed by atoms with Crippen LogP contribution in [0.25, 0.3) is 20.2 Å². The van der Waals surface area contributed by atoms with Gasteiger partial charge in [-0.3, -0.25) is 14.4 Å². The molecule has 2 aromatic carbocycles. The van der Waals surface area contributed by atoms with Gasteiger partial charge in [0.2, 0.25) is 0 Å². The largest absolute Gasteiger partial charge is 0.463 e. The van der Waals surface area contributed by atoms with Crippen LogP contribution in [-0.4, -0.2) is 77.7 Å². The molecule has 12 heteroatoms. The molecule has 0 saturated heterocycles. The van der Waals surface area contributed by atoms with E-state index in [1.54, 1.807) is 24.3 Å². The summed E-state index contributed by atoms with van der Waals surface area (Å²) in [4.78, 5) is 63.0. The molecule has 3 aromatic rings. The molecule has 0 aliphatic rings. The fourth-order valence-corrected chi connectivity index (χ4v) is 4.67. The van der Waals surface area contributed by atoms with Crippen molar-refractivity contribution in [1.29, 1.82) is 0 Å². The summed E-state index contributed by atoms with van der Waals surface area (Å²) in [5.41, 5.74) is -0.622. The summed E-state index contributed by atoms with van der Waals surface area (Å²) >= 11 is 1.15. The molecule has 0 atom stereocenters. The number of esters is 4. The number of methoxy groups -OCH3 is 2. The highest BCUT2D eigenvalue weighted by Gasteiger charge is 2.25. The van der Waals surface area contributed by atoms with E-state index in [2.05, 4.69) is 0 Å². The summed E-state index contributed by atoms with van der Waals surface area (Å²) in [5, 5.41) is 0.693. The smallest absolute Gasteiger partial charge is 0.340 e. The Balaban J connectivity index is 1.85. The predicted molar refractivity (Wildman–Crippen MR) is 141 cm³/mol. The summed E-state index contributed by atoms with van der Waals surface area (Å²) in [6.45, 7) is -0.0225. The fraction of sp³-hybridized carbons (Fsp3) is 0.370. The van der Waals surface area contributed by atoms with Crippen molar-refractivity contribution >= 4 is 55.4 Å². The topological polar surface area (TPSA) is 141 Å². The third kappa shape index (κ3) is 8.06. The van der Waals surface area contributed by atoms with Crippen molar-refractivity contribution in [3.8, 4) is 0 Å². The van der Waals surface area contributed by atoms with Crippen LogP contribution in [0.1, 0.15) is 33.6 Å². The zero-order valence-corrected chi connectivity index (χ0v) is 22.3. The highest BCUT2D eigenvalue weighted by molar-refractivity contribution is 7.25. The standard InChI is InChI=1S/C27H28O11S/c1-33-13-15-35-21(28)9-11-37-26(31)18-7-8-19-24(30)17-5-3-4-6-20(17)39-25(19)23(18)27(32)38-12-10-22(29)36-16-14-34-2/h3-8H,9-16H2,1-2H3. The van der Waals surface area contributed by atoms with Gasteiger partial charge in [-0.1, -0.05) is 12.1 Å². The summed E-state index contributed by atoms with van der Waals surface area (Å²) in [6, 6.07) is 9.64. The Kier molecular flexibility index (Phi) is 11.3. The summed E-state index contributed by atoms with van der Waals surface area (Å²) in [6.07, 6.45) is -0.420. The second-order valence-electron chi connectivity index (χ2n) is 7.99. The lowest BCUT2D eigenvalue weighted by Crippen LogP contribution is -2.19. The Morgan fingerprint density at radius 3 is 1.87 bits per heavy atom. The molecule has 39 heavy (non-hydrogen) atoms. The number of hydrogen-bond acceptors (Lipinski definition) is 12. The molecule has 0 unspecified atom stereocenters. The number of fused-ring (bicyclic) bond motifs is 2. The first-order valence-corrected chi connectivity index (χ1v) is 12.8. The van der Waals surface area contributed by atoms with Crippen LogP contribution in [0.5, 0.6) is 0 Å². The number of carbonyl (C=O) groups excluding carboxylic acids is 4. The van der Waals surface area contributed by atoms with Gasteiger partial charge in [0.25, 0.3) is 0 Å². The number of benzene rings is 2. The summed E-state index contributed by atoms with van der Waals surface area (Å²) in [7, 11) is 2.94. The molecule has 1 aromatic heterocycles. The summed E-state index contributed by atoms with van der Waals surface area (Å²) < 4.78 is 30.9. The van der Waals surface area contributed by atoms with E-state index in [9.17, 15) is 24.0 Å². The zero-order valence-electron chi connectivity index (χ0n) is 21.5. The Labute approximate surface area is 227 Å². The van der Waals surface area contributed by atoms with Gasteiger partial charge >= 0.3 is 23.9 Å². The van der Waals surface area contributed by atoms with Crippen molar-refractivity contribution < 1.29 is 47.6 Å². The Hall–Kier alpha value is -3.87. The van der Waals surface area contributed by atoms with E-state index in [4.69, 9.17) is 28.4 Å². The van der Waals surface area contributed by atoms with Gasteiger partial charge in [0.1, 0.15) is 26.4 Å². The van der Waals surface area contributed by atoms with Crippen LogP contribution in [-0.2, 0) is 38.0 Å². The zero-order chi connectivity index (χ0) is 28.2. The second kappa shape index (κ2) is 14.9. The lowest BCUT2D eigenvalue weighted by molar-refractivity contribution is -0.146. The fourth-order valence-electron chi connectivity index (χ4n) is 3.46. The van der Waals surface area contributed by atoms with Crippen molar-refractivity contribution in [2.75, 3.05) is 53.9 Å². The molecular formula is C27H28O11S. The maximum absolute atomic E-state index is 13.2. The molecular weight excluding hydrogens is 532 g/mol. The van der Waals surface area contributed by atoms with Crippen LogP contribution in [0.15, 0.2) is 41.2 Å². The van der Waals surface area contributed by atoms with E-state index in [-0.39, 0.29) is 79.1 Å². The first-order chi connectivity index (χ1) is 18.9. The summed E-state index contributed by atoms with van der Waals surface area (Å²) in [5.74, 6) is -2.98. The third-order valence-electron chi connectivity index (χ3n) is 5.35. The van der Waals surface area contributed by atoms with E-state index in [1.807, 2.05) is 0 Å². The van der Waals surface area contributed by atoms with Crippen LogP contribution < -0.4 is 5.43 Å². The first-order valence-electron chi connectivity index (χ1n) is 12.0. The van der Waals surface area contributed by atoms with Gasteiger partial charge < -0.3 is 28.4 Å². The highest BCUT2D eigenvalue weighted by Crippen LogP contribution is 2.30. The molecule has 0 spiro atoms. The number of rotatable bonds is 14. The molecule has 0 bridgehead atoms. The van der Waals surface area contributed by atoms with Gasteiger partial charge in [0, 0.05) is 29.7 Å². The second-order valence-corrected chi connectivity index (χ2v) is 9.04. The van der Waals surface area contributed by atoms with Crippen LogP contribution in [0.2, 0.25) is 0 Å². The quantitative estimate of drug-likeness (QED) is 0.124. The lowest BCUT2D eigenvalue weighted by atomic mass is 10.0. The Morgan fingerprint density at radius 2 is 1.26 bits per heavy atom. The van der Waals surface area contributed by atoms with Crippen molar-refractivity contribution in [2.24, 2.45) is 0 Å². The van der Waals surface area contributed by atoms with Crippen LogP contribution in [0.3, 0.4) is 0 Å². The predicted octanol–water partition coefficient (Wildman–Crippen LogP) is 2.89. The van der Waals surface area contributed by atoms with Crippen molar-refractivity contribution in [1.82, 2.24) is 0 Å². The molecule has 208 valence electrons. The van der Waals surface area contributed by atoms with Gasteiger partial charge in [0.05, 0.1) is 41.9 Å². The van der Waals surface area contributed by atoms with Gasteiger partial charge in [-0.25, -0.2) is 9.59 Å². The monoisotopic (exact) mass is 560 g/mol. The molecule has 0 fully saturated rings.